The molecule has 0 radical (unpaired) electrons. The maximum atomic E-state index is 11.9. The molecular formula is C12H22N2O3. The van der Waals surface area contributed by atoms with Crippen LogP contribution in [0.4, 0.5) is 4.79 Å². The summed E-state index contributed by atoms with van der Waals surface area (Å²) in [6.07, 6.45) is 3.72. The van der Waals surface area contributed by atoms with E-state index in [0.717, 1.165) is 19.3 Å². The summed E-state index contributed by atoms with van der Waals surface area (Å²) >= 11 is 0. The lowest BCUT2D eigenvalue weighted by Crippen LogP contribution is -2.46. The monoisotopic (exact) mass is 242 g/mol. The standard InChI is InChI=1S/C12H22N2O3/c1-3-5-9(8-11(15)16)13-12(17)14(4-2)10-6-7-10/h9-10H,3-8H2,1-2H3,(H,13,17)(H,15,16). The molecule has 5 heteroatoms. The molecule has 2 N–H and O–H groups in total. The number of carboxylic acid groups (broad SMARTS) is 1. The molecule has 1 unspecified atom stereocenters. The summed E-state index contributed by atoms with van der Waals surface area (Å²) < 4.78 is 0. The van der Waals surface area contributed by atoms with Crippen molar-refractivity contribution in [1.29, 1.82) is 0 Å². The highest BCUT2D eigenvalue weighted by Gasteiger charge is 2.32. The van der Waals surface area contributed by atoms with Gasteiger partial charge in [0.25, 0.3) is 0 Å². The topological polar surface area (TPSA) is 69.6 Å². The number of carbonyl (C=O) groups excluding carboxylic acids is 1. The predicted octanol–water partition coefficient (Wildman–Crippen LogP) is 1.82. The molecule has 17 heavy (non-hydrogen) atoms. The number of nitrogens with zero attached hydrogens (tertiary/aromatic N) is 1. The number of urea groups is 1. The minimum absolute atomic E-state index is 0.00179. The van der Waals surface area contributed by atoms with E-state index in [4.69, 9.17) is 5.11 Å². The summed E-state index contributed by atoms with van der Waals surface area (Å²) in [5.74, 6) is -0.863. The highest BCUT2D eigenvalue weighted by atomic mass is 16.4. The van der Waals surface area contributed by atoms with E-state index in [0.29, 0.717) is 19.0 Å². The second-order valence-electron chi connectivity index (χ2n) is 4.55. The Morgan fingerprint density at radius 2 is 2.06 bits per heavy atom. The average Bonchev–Trinajstić information content (AvgIpc) is 3.02. The molecule has 0 saturated heterocycles. The number of rotatable bonds is 7. The highest BCUT2D eigenvalue weighted by molar-refractivity contribution is 5.76. The average molecular weight is 242 g/mol. The van der Waals surface area contributed by atoms with Crippen molar-refractivity contribution in [2.24, 2.45) is 0 Å². The van der Waals surface area contributed by atoms with Crippen molar-refractivity contribution in [3.8, 4) is 0 Å². The molecule has 1 rings (SSSR count). The van der Waals surface area contributed by atoms with Gasteiger partial charge in [0.15, 0.2) is 0 Å². The highest BCUT2D eigenvalue weighted by Crippen LogP contribution is 2.26. The van der Waals surface area contributed by atoms with Gasteiger partial charge in [-0.1, -0.05) is 13.3 Å². The van der Waals surface area contributed by atoms with Crippen molar-refractivity contribution >= 4 is 12.0 Å². The van der Waals surface area contributed by atoms with E-state index in [2.05, 4.69) is 5.32 Å². The Labute approximate surface area is 102 Å². The molecule has 1 aliphatic carbocycles. The fourth-order valence-electron chi connectivity index (χ4n) is 2.00. The van der Waals surface area contributed by atoms with Crippen LogP contribution in [0.25, 0.3) is 0 Å². The Bertz CT molecular complexity index is 277. The van der Waals surface area contributed by atoms with Gasteiger partial charge in [-0.15, -0.1) is 0 Å². The largest absolute Gasteiger partial charge is 0.481 e. The van der Waals surface area contributed by atoms with Crippen molar-refractivity contribution in [1.82, 2.24) is 10.2 Å². The summed E-state index contributed by atoms with van der Waals surface area (Å²) in [5.41, 5.74) is 0. The molecule has 1 atom stereocenters. The number of hydrogen-bond acceptors (Lipinski definition) is 2. The van der Waals surface area contributed by atoms with E-state index in [9.17, 15) is 9.59 Å². The molecule has 1 fully saturated rings. The SMILES string of the molecule is CCCC(CC(=O)O)NC(=O)N(CC)C1CC1. The van der Waals surface area contributed by atoms with Crippen molar-refractivity contribution in [3.63, 3.8) is 0 Å². The second-order valence-corrected chi connectivity index (χ2v) is 4.55. The van der Waals surface area contributed by atoms with Crippen LogP contribution in [0.5, 0.6) is 0 Å². The third-order valence-corrected chi connectivity index (χ3v) is 2.97. The minimum atomic E-state index is -0.863. The predicted molar refractivity (Wildman–Crippen MR) is 64.9 cm³/mol. The van der Waals surface area contributed by atoms with Gasteiger partial charge < -0.3 is 15.3 Å². The Morgan fingerprint density at radius 1 is 1.41 bits per heavy atom. The number of carboxylic acids is 1. The first kappa shape index (κ1) is 13.8. The number of hydrogen-bond donors (Lipinski definition) is 2. The van der Waals surface area contributed by atoms with Crippen LogP contribution in [-0.2, 0) is 4.79 Å². The van der Waals surface area contributed by atoms with Gasteiger partial charge >= 0.3 is 12.0 Å². The van der Waals surface area contributed by atoms with Gasteiger partial charge in [-0.2, -0.15) is 0 Å². The normalized spacial score (nSPS) is 16.4. The first-order valence-electron chi connectivity index (χ1n) is 6.37. The number of aliphatic carboxylic acids is 1. The van der Waals surface area contributed by atoms with Gasteiger partial charge in [-0.3, -0.25) is 4.79 Å². The third kappa shape index (κ3) is 4.63. The molecular weight excluding hydrogens is 220 g/mol. The molecule has 5 nitrogen and oxygen atoms in total. The molecule has 1 aliphatic rings. The van der Waals surface area contributed by atoms with Gasteiger partial charge in [0.05, 0.1) is 6.42 Å². The van der Waals surface area contributed by atoms with Crippen LogP contribution >= 0.6 is 0 Å². The smallest absolute Gasteiger partial charge is 0.317 e. The zero-order valence-corrected chi connectivity index (χ0v) is 10.6. The minimum Gasteiger partial charge on any atom is -0.481 e. The Kier molecular flexibility index (Phi) is 5.25. The molecule has 0 aromatic heterocycles. The molecule has 98 valence electrons. The Balaban J connectivity index is 2.46. The summed E-state index contributed by atoms with van der Waals surface area (Å²) in [7, 11) is 0. The summed E-state index contributed by atoms with van der Waals surface area (Å²) in [5, 5.41) is 11.6. The lowest BCUT2D eigenvalue weighted by molar-refractivity contribution is -0.137. The summed E-state index contributed by atoms with van der Waals surface area (Å²) in [6.45, 7) is 4.62. The Morgan fingerprint density at radius 3 is 2.47 bits per heavy atom. The first-order valence-corrected chi connectivity index (χ1v) is 6.37. The van der Waals surface area contributed by atoms with E-state index in [1.165, 1.54) is 0 Å². The molecule has 1 saturated carbocycles. The number of nitrogens with one attached hydrogen (secondary N) is 1. The summed E-state index contributed by atoms with van der Waals surface area (Å²) in [6, 6.07) is -0.000366. The van der Waals surface area contributed by atoms with E-state index >= 15 is 0 Å². The van der Waals surface area contributed by atoms with Crippen molar-refractivity contribution in [2.45, 2.75) is 58.0 Å². The molecule has 0 spiro atoms. The van der Waals surface area contributed by atoms with Gasteiger partial charge in [-0.25, -0.2) is 4.79 Å². The zero-order chi connectivity index (χ0) is 12.8. The van der Waals surface area contributed by atoms with Crippen molar-refractivity contribution in [2.75, 3.05) is 6.54 Å². The van der Waals surface area contributed by atoms with Crippen molar-refractivity contribution < 1.29 is 14.7 Å². The van der Waals surface area contributed by atoms with E-state index in [1.54, 1.807) is 4.90 Å². The third-order valence-electron chi connectivity index (χ3n) is 2.97. The van der Waals surface area contributed by atoms with E-state index in [1.807, 2.05) is 13.8 Å². The lowest BCUT2D eigenvalue weighted by Gasteiger charge is -2.24. The van der Waals surface area contributed by atoms with Crippen LogP contribution in [0.15, 0.2) is 0 Å². The maximum Gasteiger partial charge on any atom is 0.317 e. The fraction of sp³-hybridized carbons (Fsp3) is 0.833. The van der Waals surface area contributed by atoms with Crippen LogP contribution in [0, 0.1) is 0 Å². The molecule has 0 bridgehead atoms. The molecule has 0 aromatic rings. The molecule has 0 heterocycles. The lowest BCUT2D eigenvalue weighted by atomic mass is 10.1. The first-order chi connectivity index (χ1) is 8.08. The van der Waals surface area contributed by atoms with Crippen molar-refractivity contribution in [3.05, 3.63) is 0 Å². The molecule has 0 aromatic carbocycles. The van der Waals surface area contributed by atoms with Crippen LogP contribution in [0.3, 0.4) is 0 Å². The van der Waals surface area contributed by atoms with Gasteiger partial charge in [0.2, 0.25) is 0 Å². The molecule has 0 aliphatic heterocycles. The van der Waals surface area contributed by atoms with Crippen LogP contribution in [-0.4, -0.2) is 40.6 Å². The van der Waals surface area contributed by atoms with Gasteiger partial charge in [0.1, 0.15) is 0 Å². The molecule has 2 amide bonds. The quantitative estimate of drug-likeness (QED) is 0.715. The van der Waals surface area contributed by atoms with Crippen LogP contribution in [0.2, 0.25) is 0 Å². The van der Waals surface area contributed by atoms with Gasteiger partial charge in [-0.05, 0) is 26.2 Å². The Hall–Kier alpha value is -1.26. The summed E-state index contributed by atoms with van der Waals surface area (Å²) in [4.78, 5) is 24.4. The second kappa shape index (κ2) is 6.47. The fourth-order valence-corrected chi connectivity index (χ4v) is 2.00. The van der Waals surface area contributed by atoms with Gasteiger partial charge in [0, 0.05) is 18.6 Å². The number of amides is 2. The van der Waals surface area contributed by atoms with E-state index in [-0.39, 0.29) is 18.5 Å². The van der Waals surface area contributed by atoms with E-state index < -0.39 is 5.97 Å². The maximum absolute atomic E-state index is 11.9. The van der Waals surface area contributed by atoms with Crippen LogP contribution in [0.1, 0.15) is 46.0 Å². The van der Waals surface area contributed by atoms with Crippen LogP contribution < -0.4 is 5.32 Å². The number of carbonyl (C=O) groups is 2. The zero-order valence-electron chi connectivity index (χ0n) is 10.6.